The third-order valence-corrected chi connectivity index (χ3v) is 5.67. The quantitative estimate of drug-likeness (QED) is 0.608. The van der Waals surface area contributed by atoms with Gasteiger partial charge in [0.2, 0.25) is 10.0 Å². The summed E-state index contributed by atoms with van der Waals surface area (Å²) < 4.78 is 52.6. The van der Waals surface area contributed by atoms with Gasteiger partial charge in [-0.15, -0.1) is 0 Å². The van der Waals surface area contributed by atoms with E-state index in [1.807, 2.05) is 0 Å². The molecule has 0 radical (unpaired) electrons. The van der Waals surface area contributed by atoms with Crippen LogP contribution in [0, 0.1) is 21.7 Å². The van der Waals surface area contributed by atoms with Gasteiger partial charge in [-0.25, -0.2) is 17.2 Å². The number of sulfonamides is 1. The smallest absolute Gasteiger partial charge is 0.258 e. The van der Waals surface area contributed by atoms with Crippen LogP contribution >= 0.6 is 0 Å². The number of hydrogen-bond acceptors (Lipinski definition) is 4. The molecule has 1 atom stereocenters. The first-order chi connectivity index (χ1) is 11.2. The fraction of sp³-hybridized carbons (Fsp3) is 0.200. The monoisotopic (exact) mass is 356 g/mol. The Morgan fingerprint density at radius 3 is 2.33 bits per heavy atom. The predicted molar refractivity (Wildman–Crippen MR) is 82.8 cm³/mol. The first-order valence-corrected chi connectivity index (χ1v) is 8.26. The third-order valence-electron chi connectivity index (χ3n) is 3.69. The molecule has 2 aromatic rings. The Labute approximate surface area is 137 Å². The lowest BCUT2D eigenvalue weighted by Gasteiger charge is -2.24. The van der Waals surface area contributed by atoms with Gasteiger partial charge >= 0.3 is 0 Å². The van der Waals surface area contributed by atoms with E-state index in [-0.39, 0.29) is 5.56 Å². The van der Waals surface area contributed by atoms with Gasteiger partial charge in [0.05, 0.1) is 4.92 Å². The zero-order valence-corrected chi connectivity index (χ0v) is 13.6. The van der Waals surface area contributed by atoms with Crippen LogP contribution in [0.25, 0.3) is 0 Å². The maximum absolute atomic E-state index is 13.4. The van der Waals surface area contributed by atoms with Crippen molar-refractivity contribution in [2.24, 2.45) is 0 Å². The summed E-state index contributed by atoms with van der Waals surface area (Å²) in [6, 6.07) is 7.13. The van der Waals surface area contributed by atoms with E-state index in [9.17, 15) is 27.3 Å². The molecule has 0 saturated carbocycles. The van der Waals surface area contributed by atoms with Crippen LogP contribution in [0.4, 0.5) is 14.5 Å². The van der Waals surface area contributed by atoms with Crippen LogP contribution in [0.1, 0.15) is 18.5 Å². The van der Waals surface area contributed by atoms with E-state index < -0.39 is 43.2 Å². The van der Waals surface area contributed by atoms with Gasteiger partial charge < -0.3 is 0 Å². The average molecular weight is 356 g/mol. The molecule has 24 heavy (non-hydrogen) atoms. The van der Waals surface area contributed by atoms with Crippen LogP contribution in [0.2, 0.25) is 0 Å². The molecule has 1 unspecified atom stereocenters. The van der Waals surface area contributed by atoms with Gasteiger partial charge in [0.25, 0.3) is 5.69 Å². The summed E-state index contributed by atoms with van der Waals surface area (Å²) in [5.41, 5.74) is -0.333. The van der Waals surface area contributed by atoms with Gasteiger partial charge in [0, 0.05) is 19.2 Å². The summed E-state index contributed by atoms with van der Waals surface area (Å²) in [7, 11) is -2.99. The number of para-hydroxylation sites is 1. The highest BCUT2D eigenvalue weighted by atomic mass is 32.2. The van der Waals surface area contributed by atoms with Crippen LogP contribution in [0.3, 0.4) is 0 Å². The molecule has 0 aliphatic rings. The van der Waals surface area contributed by atoms with Crippen molar-refractivity contribution in [1.82, 2.24) is 4.31 Å². The molecule has 128 valence electrons. The zero-order chi connectivity index (χ0) is 18.1. The van der Waals surface area contributed by atoms with Crippen molar-refractivity contribution in [3.05, 3.63) is 69.8 Å². The van der Waals surface area contributed by atoms with E-state index in [2.05, 4.69) is 0 Å². The fourth-order valence-electron chi connectivity index (χ4n) is 2.17. The molecular formula is C15H14F2N2O4S. The third kappa shape index (κ3) is 3.26. The van der Waals surface area contributed by atoms with Gasteiger partial charge in [-0.2, -0.15) is 4.31 Å². The number of nitro groups is 1. The Hall–Kier alpha value is -2.39. The summed E-state index contributed by atoms with van der Waals surface area (Å²) in [5.74, 6) is -2.15. The lowest BCUT2D eigenvalue weighted by Crippen LogP contribution is -2.30. The maximum atomic E-state index is 13.4. The molecule has 0 fully saturated rings. The Kier molecular flexibility index (Phi) is 4.95. The number of benzene rings is 2. The minimum Gasteiger partial charge on any atom is -0.258 e. The predicted octanol–water partition coefficient (Wildman–Crippen LogP) is 3.25. The van der Waals surface area contributed by atoms with Crippen molar-refractivity contribution < 1.29 is 22.1 Å². The second-order valence-electron chi connectivity index (χ2n) is 5.10. The summed E-state index contributed by atoms with van der Waals surface area (Å²) in [4.78, 5) is 9.79. The standard InChI is InChI=1S/C15H14F2N2O4S/c1-10(11-7-8-12(16)13(17)9-11)18(2)24(22,23)15-6-4-3-5-14(15)19(20)21/h3-10H,1-2H3. The molecule has 0 aliphatic carbocycles. The first-order valence-electron chi connectivity index (χ1n) is 6.82. The molecule has 0 N–H and O–H groups in total. The second-order valence-corrected chi connectivity index (χ2v) is 7.06. The SMILES string of the molecule is CC(c1ccc(F)c(F)c1)N(C)S(=O)(=O)c1ccccc1[N+](=O)[O-]. The minimum atomic E-state index is -4.21. The van der Waals surface area contributed by atoms with Crippen LogP contribution in [-0.4, -0.2) is 24.7 Å². The number of nitro benzene ring substituents is 1. The molecular weight excluding hydrogens is 342 g/mol. The number of rotatable bonds is 5. The van der Waals surface area contributed by atoms with Crippen LogP contribution in [0.15, 0.2) is 47.4 Å². The minimum absolute atomic E-state index is 0.221. The van der Waals surface area contributed by atoms with Crippen LogP contribution < -0.4 is 0 Å². The lowest BCUT2D eigenvalue weighted by atomic mass is 10.1. The van der Waals surface area contributed by atoms with E-state index >= 15 is 0 Å². The highest BCUT2D eigenvalue weighted by Crippen LogP contribution is 2.31. The van der Waals surface area contributed by atoms with Crippen LogP contribution in [0.5, 0.6) is 0 Å². The topological polar surface area (TPSA) is 80.5 Å². The Morgan fingerprint density at radius 1 is 1.12 bits per heavy atom. The van der Waals surface area contributed by atoms with E-state index in [4.69, 9.17) is 0 Å². The number of nitrogens with zero attached hydrogens (tertiary/aromatic N) is 2. The largest absolute Gasteiger partial charge is 0.289 e. The fourth-order valence-corrected chi connectivity index (χ4v) is 3.68. The Balaban J connectivity index is 2.45. The average Bonchev–Trinajstić information content (AvgIpc) is 2.55. The molecule has 9 heteroatoms. The molecule has 0 spiro atoms. The van der Waals surface area contributed by atoms with Gasteiger partial charge in [0.1, 0.15) is 0 Å². The highest BCUT2D eigenvalue weighted by Gasteiger charge is 2.32. The second kappa shape index (κ2) is 6.62. The van der Waals surface area contributed by atoms with E-state index in [0.717, 1.165) is 28.6 Å². The van der Waals surface area contributed by atoms with Gasteiger partial charge in [-0.3, -0.25) is 10.1 Å². The van der Waals surface area contributed by atoms with E-state index in [1.165, 1.54) is 32.2 Å². The molecule has 2 rings (SSSR count). The highest BCUT2D eigenvalue weighted by molar-refractivity contribution is 7.89. The molecule has 0 aliphatic heterocycles. The van der Waals surface area contributed by atoms with Crippen molar-refractivity contribution in [3.8, 4) is 0 Å². The Morgan fingerprint density at radius 2 is 1.75 bits per heavy atom. The van der Waals surface area contributed by atoms with Crippen molar-refractivity contribution in [2.45, 2.75) is 17.9 Å². The maximum Gasteiger partial charge on any atom is 0.289 e. The molecule has 2 aromatic carbocycles. The Bertz CT molecular complexity index is 887. The van der Waals surface area contributed by atoms with E-state index in [0.29, 0.717) is 0 Å². The van der Waals surface area contributed by atoms with Crippen molar-refractivity contribution >= 4 is 15.7 Å². The van der Waals surface area contributed by atoms with Gasteiger partial charge in [0.15, 0.2) is 16.5 Å². The van der Waals surface area contributed by atoms with E-state index in [1.54, 1.807) is 0 Å². The molecule has 0 aromatic heterocycles. The lowest BCUT2D eigenvalue weighted by molar-refractivity contribution is -0.387. The first kappa shape index (κ1) is 18.0. The summed E-state index contributed by atoms with van der Waals surface area (Å²) in [5, 5.41) is 11.0. The van der Waals surface area contributed by atoms with Crippen molar-refractivity contribution in [2.75, 3.05) is 7.05 Å². The van der Waals surface area contributed by atoms with Gasteiger partial charge in [-0.05, 0) is 30.7 Å². The number of hydrogen-bond donors (Lipinski definition) is 0. The summed E-state index contributed by atoms with van der Waals surface area (Å²) in [6.07, 6.45) is 0. The molecule has 0 heterocycles. The molecule has 0 bridgehead atoms. The normalized spacial score (nSPS) is 13.0. The summed E-state index contributed by atoms with van der Waals surface area (Å²) in [6.45, 7) is 1.47. The van der Waals surface area contributed by atoms with Crippen molar-refractivity contribution in [3.63, 3.8) is 0 Å². The van der Waals surface area contributed by atoms with Crippen LogP contribution in [-0.2, 0) is 10.0 Å². The summed E-state index contributed by atoms with van der Waals surface area (Å²) >= 11 is 0. The zero-order valence-electron chi connectivity index (χ0n) is 12.8. The van der Waals surface area contributed by atoms with Crippen molar-refractivity contribution in [1.29, 1.82) is 0 Å². The molecule has 0 amide bonds. The molecule has 0 saturated heterocycles. The van der Waals surface area contributed by atoms with Gasteiger partial charge in [-0.1, -0.05) is 18.2 Å². The number of halogens is 2. The molecule has 6 nitrogen and oxygen atoms in total.